The van der Waals surface area contributed by atoms with E-state index in [1.54, 1.807) is 12.1 Å². The second-order valence-electron chi connectivity index (χ2n) is 2.84. The average molecular weight is 279 g/mol. The molecule has 1 aromatic carbocycles. The molecule has 0 fully saturated rings. The SMILES string of the molecule is O=CCCc1ccc(Br)cc1OC(F)F. The van der Waals surface area contributed by atoms with E-state index in [4.69, 9.17) is 0 Å². The highest BCUT2D eigenvalue weighted by Crippen LogP contribution is 2.26. The Morgan fingerprint density at radius 3 is 2.80 bits per heavy atom. The first kappa shape index (κ1) is 12.1. The number of ether oxygens (including phenoxy) is 1. The monoisotopic (exact) mass is 278 g/mol. The summed E-state index contributed by atoms with van der Waals surface area (Å²) in [6.07, 6.45) is 1.44. The van der Waals surface area contributed by atoms with Crippen molar-refractivity contribution in [3.05, 3.63) is 28.2 Å². The summed E-state index contributed by atoms with van der Waals surface area (Å²) in [5.74, 6) is 0.112. The van der Waals surface area contributed by atoms with Gasteiger partial charge in [0.2, 0.25) is 0 Å². The molecule has 0 heterocycles. The molecule has 82 valence electrons. The Hall–Kier alpha value is -0.970. The van der Waals surface area contributed by atoms with Crippen molar-refractivity contribution in [3.63, 3.8) is 0 Å². The number of aryl methyl sites for hydroxylation is 1. The first-order valence-electron chi connectivity index (χ1n) is 4.30. The molecule has 5 heteroatoms. The van der Waals surface area contributed by atoms with Gasteiger partial charge >= 0.3 is 6.61 Å². The van der Waals surface area contributed by atoms with Gasteiger partial charge in [-0.15, -0.1) is 0 Å². The zero-order valence-electron chi connectivity index (χ0n) is 7.75. The highest BCUT2D eigenvalue weighted by molar-refractivity contribution is 9.10. The molecule has 0 saturated carbocycles. The summed E-state index contributed by atoms with van der Waals surface area (Å²) in [5, 5.41) is 0. The Labute approximate surface area is 94.4 Å². The second kappa shape index (κ2) is 5.80. The molecule has 0 radical (unpaired) electrons. The highest BCUT2D eigenvalue weighted by atomic mass is 79.9. The van der Waals surface area contributed by atoms with Crippen molar-refractivity contribution in [2.75, 3.05) is 0 Å². The van der Waals surface area contributed by atoms with E-state index in [1.165, 1.54) is 6.07 Å². The van der Waals surface area contributed by atoms with Gasteiger partial charge in [0.25, 0.3) is 0 Å². The molecule has 0 spiro atoms. The molecule has 0 unspecified atom stereocenters. The summed E-state index contributed by atoms with van der Waals surface area (Å²) in [6.45, 7) is -2.85. The number of carbonyl (C=O) groups is 1. The Kier molecular flexibility index (Phi) is 4.68. The van der Waals surface area contributed by atoms with E-state index in [-0.39, 0.29) is 5.75 Å². The average Bonchev–Trinajstić information content (AvgIpc) is 2.16. The number of aldehydes is 1. The van der Waals surface area contributed by atoms with Gasteiger partial charge in [-0.1, -0.05) is 22.0 Å². The Bertz CT molecular complexity index is 342. The lowest BCUT2D eigenvalue weighted by atomic mass is 10.1. The predicted octanol–water partition coefficient (Wildman–Crippen LogP) is 3.18. The molecule has 0 aliphatic heterocycles. The fraction of sp³-hybridized carbons (Fsp3) is 0.300. The molecule has 0 aliphatic carbocycles. The van der Waals surface area contributed by atoms with E-state index in [0.29, 0.717) is 22.9 Å². The standard InChI is InChI=1S/C10H9BrF2O2/c11-8-4-3-7(2-1-5-14)9(6-8)15-10(12)13/h3-6,10H,1-2H2. The molecule has 0 N–H and O–H groups in total. The molecule has 2 nitrogen and oxygen atoms in total. The fourth-order valence-corrected chi connectivity index (χ4v) is 1.50. The van der Waals surface area contributed by atoms with Crippen molar-refractivity contribution < 1.29 is 18.3 Å². The predicted molar refractivity (Wildman–Crippen MR) is 55.2 cm³/mol. The van der Waals surface area contributed by atoms with Crippen LogP contribution >= 0.6 is 15.9 Å². The number of hydrogen-bond acceptors (Lipinski definition) is 2. The van der Waals surface area contributed by atoms with Gasteiger partial charge in [-0.2, -0.15) is 8.78 Å². The molecule has 1 aromatic rings. The van der Waals surface area contributed by atoms with Gasteiger partial charge in [0.05, 0.1) is 0 Å². The van der Waals surface area contributed by atoms with Crippen LogP contribution in [0.15, 0.2) is 22.7 Å². The van der Waals surface area contributed by atoms with Gasteiger partial charge in [-0.05, 0) is 24.1 Å². The molecule has 1 rings (SSSR count). The minimum Gasteiger partial charge on any atom is -0.435 e. The third-order valence-corrected chi connectivity index (χ3v) is 2.27. The summed E-state index contributed by atoms with van der Waals surface area (Å²) < 4.78 is 29.1. The highest BCUT2D eigenvalue weighted by Gasteiger charge is 2.09. The van der Waals surface area contributed by atoms with Crippen LogP contribution in [0.5, 0.6) is 5.75 Å². The van der Waals surface area contributed by atoms with Crippen LogP contribution in [0.2, 0.25) is 0 Å². The quantitative estimate of drug-likeness (QED) is 0.774. The van der Waals surface area contributed by atoms with Crippen molar-refractivity contribution in [2.45, 2.75) is 19.5 Å². The van der Waals surface area contributed by atoms with Crippen molar-refractivity contribution >= 4 is 22.2 Å². The van der Waals surface area contributed by atoms with Gasteiger partial charge < -0.3 is 9.53 Å². The maximum absolute atomic E-state index is 12.0. The largest absolute Gasteiger partial charge is 0.435 e. The number of alkyl halides is 2. The van der Waals surface area contributed by atoms with Crippen LogP contribution in [0, 0.1) is 0 Å². The van der Waals surface area contributed by atoms with Crippen molar-refractivity contribution in [1.29, 1.82) is 0 Å². The Morgan fingerprint density at radius 1 is 1.47 bits per heavy atom. The van der Waals surface area contributed by atoms with Crippen LogP contribution < -0.4 is 4.74 Å². The number of hydrogen-bond donors (Lipinski definition) is 0. The smallest absolute Gasteiger partial charge is 0.387 e. The molecule has 0 aromatic heterocycles. The van der Waals surface area contributed by atoms with Gasteiger partial charge in [0.15, 0.2) is 0 Å². The third-order valence-electron chi connectivity index (χ3n) is 1.78. The molecule has 0 aliphatic rings. The summed E-state index contributed by atoms with van der Waals surface area (Å²) in [6, 6.07) is 4.84. The van der Waals surface area contributed by atoms with E-state index in [0.717, 1.165) is 6.29 Å². The Balaban J connectivity index is 2.86. The van der Waals surface area contributed by atoms with E-state index in [2.05, 4.69) is 20.7 Å². The van der Waals surface area contributed by atoms with Crippen LogP contribution in [0.25, 0.3) is 0 Å². The lowest BCUT2D eigenvalue weighted by Crippen LogP contribution is -2.04. The van der Waals surface area contributed by atoms with Gasteiger partial charge in [-0.25, -0.2) is 0 Å². The maximum Gasteiger partial charge on any atom is 0.387 e. The number of benzene rings is 1. The molecular formula is C10H9BrF2O2. The minimum absolute atomic E-state index is 0.112. The summed E-state index contributed by atoms with van der Waals surface area (Å²) in [4.78, 5) is 10.2. The topological polar surface area (TPSA) is 26.3 Å². The maximum atomic E-state index is 12.0. The van der Waals surface area contributed by atoms with Gasteiger partial charge in [0, 0.05) is 10.9 Å². The van der Waals surface area contributed by atoms with Crippen LogP contribution in [0.4, 0.5) is 8.78 Å². The summed E-state index contributed by atoms with van der Waals surface area (Å²) in [5.41, 5.74) is 0.602. The van der Waals surface area contributed by atoms with E-state index in [1.807, 2.05) is 0 Å². The van der Waals surface area contributed by atoms with Crippen LogP contribution in [0.1, 0.15) is 12.0 Å². The number of rotatable bonds is 5. The Morgan fingerprint density at radius 2 is 2.20 bits per heavy atom. The first-order valence-corrected chi connectivity index (χ1v) is 5.09. The van der Waals surface area contributed by atoms with Gasteiger partial charge in [-0.3, -0.25) is 0 Å². The van der Waals surface area contributed by atoms with E-state index in [9.17, 15) is 13.6 Å². The first-order chi connectivity index (χ1) is 7.13. The molecular weight excluding hydrogens is 270 g/mol. The minimum atomic E-state index is -2.85. The lowest BCUT2D eigenvalue weighted by Gasteiger charge is -2.09. The van der Waals surface area contributed by atoms with Crippen molar-refractivity contribution in [2.24, 2.45) is 0 Å². The second-order valence-corrected chi connectivity index (χ2v) is 3.75. The van der Waals surface area contributed by atoms with Crippen LogP contribution in [-0.2, 0) is 11.2 Å². The number of halogens is 3. The third kappa shape index (κ3) is 3.95. The summed E-state index contributed by atoms with van der Waals surface area (Å²) >= 11 is 3.16. The lowest BCUT2D eigenvalue weighted by molar-refractivity contribution is -0.107. The number of carbonyl (C=O) groups excluding carboxylic acids is 1. The molecule has 0 amide bonds. The normalized spacial score (nSPS) is 10.4. The molecule has 0 bridgehead atoms. The van der Waals surface area contributed by atoms with Crippen LogP contribution in [0.3, 0.4) is 0 Å². The van der Waals surface area contributed by atoms with E-state index < -0.39 is 6.61 Å². The molecule has 15 heavy (non-hydrogen) atoms. The summed E-state index contributed by atoms with van der Waals surface area (Å²) in [7, 11) is 0. The van der Waals surface area contributed by atoms with Crippen molar-refractivity contribution in [1.82, 2.24) is 0 Å². The zero-order chi connectivity index (χ0) is 11.3. The van der Waals surface area contributed by atoms with E-state index >= 15 is 0 Å². The molecule has 0 atom stereocenters. The fourth-order valence-electron chi connectivity index (χ4n) is 1.16. The molecule has 0 saturated heterocycles. The zero-order valence-corrected chi connectivity index (χ0v) is 9.34. The van der Waals surface area contributed by atoms with Crippen molar-refractivity contribution in [3.8, 4) is 5.75 Å². The van der Waals surface area contributed by atoms with Gasteiger partial charge in [0.1, 0.15) is 12.0 Å². The van der Waals surface area contributed by atoms with Crippen LogP contribution in [-0.4, -0.2) is 12.9 Å².